The second-order valence-electron chi connectivity index (χ2n) is 17.3. The summed E-state index contributed by atoms with van der Waals surface area (Å²) in [5.41, 5.74) is -2.22. The largest absolute Gasteiger partial charge is 1.00 e. The van der Waals surface area contributed by atoms with E-state index in [0.29, 0.717) is 25.7 Å². The van der Waals surface area contributed by atoms with Crippen LogP contribution in [0.5, 0.6) is 0 Å². The predicted molar refractivity (Wildman–Crippen MR) is 227 cm³/mol. The van der Waals surface area contributed by atoms with Gasteiger partial charge in [0.2, 0.25) is 10.5 Å². The quantitative estimate of drug-likeness (QED) is 0.0686. The molecule has 1 heterocycles. The minimum absolute atomic E-state index is 0. The van der Waals surface area contributed by atoms with Crippen LogP contribution in [-0.4, -0.2) is 112 Å². The number of hydrogen-bond donors (Lipinski definition) is 3. The van der Waals surface area contributed by atoms with E-state index in [0.717, 1.165) is 26.1 Å². The van der Waals surface area contributed by atoms with Crippen LogP contribution >= 0.6 is 23.2 Å². The van der Waals surface area contributed by atoms with Crippen LogP contribution in [0.25, 0.3) is 0 Å². The third kappa shape index (κ3) is 85.9. The van der Waals surface area contributed by atoms with Crippen molar-refractivity contribution >= 4 is 45.6 Å². The molecule has 0 radical (unpaired) electrons. The molecule has 0 spiro atoms. The molecule has 0 aromatic heterocycles. The summed E-state index contributed by atoms with van der Waals surface area (Å²) in [4.78, 5) is 44.7. The zero-order valence-electron chi connectivity index (χ0n) is 41.4. The normalized spacial score (nSPS) is 11.9. The Labute approximate surface area is 418 Å². The van der Waals surface area contributed by atoms with E-state index in [1.807, 2.05) is 13.8 Å². The first-order valence-corrected chi connectivity index (χ1v) is 20.8. The van der Waals surface area contributed by atoms with E-state index in [2.05, 4.69) is 51.2 Å². The van der Waals surface area contributed by atoms with Gasteiger partial charge in [-0.25, -0.2) is 0 Å². The summed E-state index contributed by atoms with van der Waals surface area (Å²) in [6.45, 7) is 32.7. The molecule has 0 saturated carbocycles. The molecule has 1 aliphatic rings. The molecule has 1 aliphatic heterocycles. The van der Waals surface area contributed by atoms with Crippen molar-refractivity contribution in [1.82, 2.24) is 4.90 Å². The molecule has 12 nitrogen and oxygen atoms in total. The fourth-order valence-electron chi connectivity index (χ4n) is 3.89. The smallest absolute Gasteiger partial charge is 1.00 e. The summed E-state index contributed by atoms with van der Waals surface area (Å²) in [5, 5.41) is 36.4. The summed E-state index contributed by atoms with van der Waals surface area (Å²) in [7, 11) is 1.31. The molecule has 0 atom stereocenters. The van der Waals surface area contributed by atoms with Gasteiger partial charge < -0.3 is 51.9 Å². The molecule has 0 aromatic carbocycles. The maximum Gasteiger partial charge on any atom is 1.00 e. The van der Waals surface area contributed by atoms with Gasteiger partial charge in [0.05, 0.1) is 36.8 Å². The Morgan fingerprint density at radius 3 is 1.17 bits per heavy atom. The first-order valence-electron chi connectivity index (χ1n) is 20.0. The van der Waals surface area contributed by atoms with Crippen molar-refractivity contribution in [3.8, 4) is 0 Å². The van der Waals surface area contributed by atoms with E-state index in [1.165, 1.54) is 39.6 Å². The third-order valence-electron chi connectivity index (χ3n) is 7.60. The van der Waals surface area contributed by atoms with E-state index in [1.54, 1.807) is 41.5 Å². The number of nitrogens with zero attached hydrogens (tertiary/aromatic N) is 1. The SMILES string of the molecule is C1CCOC1.CC(C)(O)CCC(C)(C)O.CC(C)(O)CCC[O-].CCN(CC)CC.COC(=O)CCC(=O)OC(C)(C)CCC(C)(C)C.O=C(Cl)CCC(=O)Cl.[Cl-].[Li+].[Li+].[Li+]. The number of rotatable bonds is 18. The Balaban J connectivity index is -0.0000000771. The fraction of sp³-hybridized carbons (Fsp3) is 0.905. The molecule has 18 heteroatoms. The maximum atomic E-state index is 11.6. The van der Waals surface area contributed by atoms with Gasteiger partial charge in [-0.05, 0) is 149 Å². The van der Waals surface area contributed by atoms with Crippen molar-refractivity contribution < 1.29 is 123 Å². The number of carbonyl (C=O) groups is 4. The van der Waals surface area contributed by atoms with Crippen molar-refractivity contribution in [3.63, 3.8) is 0 Å². The molecule has 0 bridgehead atoms. The Morgan fingerprint density at radius 2 is 0.967 bits per heavy atom. The summed E-state index contributed by atoms with van der Waals surface area (Å²) in [6.07, 6.45) is 7.00. The van der Waals surface area contributed by atoms with Gasteiger partial charge >= 0.3 is 68.5 Å². The fourth-order valence-corrected chi connectivity index (χ4v) is 4.08. The Morgan fingerprint density at radius 1 is 0.617 bits per heavy atom. The molecule has 346 valence electrons. The van der Waals surface area contributed by atoms with Crippen LogP contribution < -0.4 is 74.1 Å². The van der Waals surface area contributed by atoms with Crippen LogP contribution in [0, 0.1) is 5.41 Å². The summed E-state index contributed by atoms with van der Waals surface area (Å²) in [6, 6.07) is 0. The zero-order chi connectivity index (χ0) is 45.2. The molecular weight excluding hydrogens is 822 g/mol. The van der Waals surface area contributed by atoms with Crippen LogP contribution in [0.15, 0.2) is 0 Å². The third-order valence-corrected chi connectivity index (χ3v) is 7.97. The summed E-state index contributed by atoms with van der Waals surface area (Å²) >= 11 is 9.74. The summed E-state index contributed by atoms with van der Waals surface area (Å²) < 4.78 is 14.8. The van der Waals surface area contributed by atoms with E-state index in [-0.39, 0.29) is 119 Å². The number of aliphatic hydroxyl groups is 3. The van der Waals surface area contributed by atoms with Gasteiger partial charge in [0.25, 0.3) is 0 Å². The second kappa shape index (κ2) is 46.2. The van der Waals surface area contributed by atoms with Gasteiger partial charge in [0, 0.05) is 26.1 Å². The van der Waals surface area contributed by atoms with Crippen molar-refractivity contribution in [2.75, 3.05) is 46.6 Å². The van der Waals surface area contributed by atoms with Gasteiger partial charge in [-0.1, -0.05) is 48.0 Å². The van der Waals surface area contributed by atoms with Gasteiger partial charge in [-0.2, -0.15) is 0 Å². The molecular formula is C42H84Cl3Li3NO11+. The molecule has 1 rings (SSSR count). The van der Waals surface area contributed by atoms with Crippen LogP contribution in [-0.2, 0) is 33.4 Å². The minimum atomic E-state index is -0.653. The first-order chi connectivity index (χ1) is 25.3. The van der Waals surface area contributed by atoms with Gasteiger partial charge in [0.15, 0.2) is 0 Å². The van der Waals surface area contributed by atoms with Crippen LogP contribution in [0.1, 0.15) is 174 Å². The van der Waals surface area contributed by atoms with Gasteiger partial charge in [-0.3, -0.25) is 19.2 Å². The van der Waals surface area contributed by atoms with E-state index < -0.39 is 32.9 Å². The Kier molecular flexibility index (Phi) is 62.4. The van der Waals surface area contributed by atoms with Gasteiger partial charge in [0.1, 0.15) is 5.60 Å². The molecule has 1 saturated heterocycles. The minimum Gasteiger partial charge on any atom is -1.00 e. The average molecular weight is 906 g/mol. The van der Waals surface area contributed by atoms with Crippen molar-refractivity contribution in [2.45, 2.75) is 196 Å². The standard InChI is InChI=1S/C14H26O4.C8H18O2.C6H15N.C6H13O2.C4H4Cl2O2.C4H8O.ClH.3Li/c1-13(2,3)9-10-14(4,5)18-12(16)8-7-11(15)17-6;1-7(2,9)5-6-8(3,4)10;1-4-7(5-2)6-3;1-6(2,8)4-3-5-7;5-3(7)1-2-4(6)8;1-2-4-5-3-1;;;;/h7-10H2,1-6H3;9-10H,5-6H2,1-4H3;4-6H2,1-3H3;8H,3-5H2,1-2H3;1-2H2;1-4H2;1H;;;/q;;;-1;;;;3*+1/p-1. The van der Waals surface area contributed by atoms with Crippen LogP contribution in [0.2, 0.25) is 0 Å². The van der Waals surface area contributed by atoms with Crippen LogP contribution in [0.3, 0.4) is 0 Å². The van der Waals surface area contributed by atoms with Crippen molar-refractivity contribution in [1.29, 1.82) is 0 Å². The topological polar surface area (TPSA) is 183 Å². The number of esters is 2. The molecule has 3 N–H and O–H groups in total. The summed E-state index contributed by atoms with van der Waals surface area (Å²) in [5.74, 6) is -0.737. The van der Waals surface area contributed by atoms with E-state index >= 15 is 0 Å². The number of carbonyl (C=O) groups excluding carboxylic acids is 4. The number of ether oxygens (including phenoxy) is 3. The Bertz CT molecular complexity index is 954. The van der Waals surface area contributed by atoms with E-state index in [9.17, 15) is 34.5 Å². The molecule has 0 amide bonds. The average Bonchev–Trinajstić information content (AvgIpc) is 3.65. The second-order valence-corrected chi connectivity index (χ2v) is 18.1. The number of hydrogen-bond acceptors (Lipinski definition) is 12. The molecule has 0 aromatic rings. The number of methoxy groups -OCH3 is 1. The first kappa shape index (κ1) is 80.9. The van der Waals surface area contributed by atoms with Crippen LogP contribution in [0.4, 0.5) is 0 Å². The Hall–Kier alpha value is 0.702. The number of halogens is 3. The molecule has 0 unspecified atom stereocenters. The zero-order valence-corrected chi connectivity index (χ0v) is 43.7. The molecule has 60 heavy (non-hydrogen) atoms. The monoisotopic (exact) mass is 905 g/mol. The molecule has 0 aliphatic carbocycles. The van der Waals surface area contributed by atoms with Crippen molar-refractivity contribution in [2.24, 2.45) is 5.41 Å². The van der Waals surface area contributed by atoms with E-state index in [4.69, 9.17) is 37.8 Å². The maximum absolute atomic E-state index is 11.6. The van der Waals surface area contributed by atoms with Gasteiger partial charge in [-0.15, -0.1) is 6.61 Å². The molecule has 1 fully saturated rings. The predicted octanol–water partition coefficient (Wildman–Crippen LogP) is -4.25. The van der Waals surface area contributed by atoms with Crippen molar-refractivity contribution in [3.05, 3.63) is 0 Å².